The van der Waals surface area contributed by atoms with Crippen molar-refractivity contribution < 1.29 is 25.6 Å². The van der Waals surface area contributed by atoms with Crippen molar-refractivity contribution in [2.75, 3.05) is 0 Å². The van der Waals surface area contributed by atoms with Crippen LogP contribution in [0.3, 0.4) is 0 Å². The molecule has 0 aromatic heterocycles. The van der Waals surface area contributed by atoms with Crippen LogP contribution in [0.2, 0.25) is 0 Å². The van der Waals surface area contributed by atoms with Gasteiger partial charge in [0.15, 0.2) is 0 Å². The summed E-state index contributed by atoms with van der Waals surface area (Å²) in [6.45, 7) is 0. The Hall–Kier alpha value is -5.28. The second-order valence-electron chi connectivity index (χ2n) is 13.3. The summed E-state index contributed by atoms with van der Waals surface area (Å²) in [5.74, 6) is 0.0744. The van der Waals surface area contributed by atoms with Crippen LogP contribution in [0.15, 0.2) is 149 Å². The van der Waals surface area contributed by atoms with Crippen LogP contribution in [-0.4, -0.2) is 21.4 Å². The van der Waals surface area contributed by atoms with Gasteiger partial charge in [-0.05, 0) is 99.3 Å². The predicted octanol–water partition coefficient (Wildman–Crippen LogP) is 10.7. The molecule has 0 fully saturated rings. The van der Waals surface area contributed by atoms with Gasteiger partial charge >= 0.3 is 10.1 Å². The lowest BCUT2D eigenvalue weighted by Gasteiger charge is -2.22. The molecule has 7 aromatic carbocycles. The van der Waals surface area contributed by atoms with Crippen molar-refractivity contribution in [2.45, 2.75) is 48.3 Å². The normalized spacial score (nSPS) is 13.7. The molecular formula is C44H36O6S2. The Morgan fingerprint density at radius 3 is 1.71 bits per heavy atom. The average Bonchev–Trinajstić information content (AvgIpc) is 3.14. The van der Waals surface area contributed by atoms with Gasteiger partial charge in [-0.2, -0.15) is 16.8 Å². The number of benzene rings is 7. The molecule has 0 amide bonds. The fraction of sp³-hybridized carbons (Fsp3) is 0.136. The minimum atomic E-state index is -4.60. The first-order valence-electron chi connectivity index (χ1n) is 17.5. The number of rotatable bonds is 7. The second kappa shape index (κ2) is 13.7. The Morgan fingerprint density at radius 1 is 0.481 bits per heavy atom. The van der Waals surface area contributed by atoms with E-state index >= 15 is 8.42 Å². The van der Waals surface area contributed by atoms with E-state index in [-0.39, 0.29) is 15.5 Å². The Morgan fingerprint density at radius 2 is 1.04 bits per heavy atom. The van der Waals surface area contributed by atoms with Gasteiger partial charge in [-0.3, -0.25) is 4.55 Å². The maximum absolute atomic E-state index is 15.1. The van der Waals surface area contributed by atoms with Gasteiger partial charge in [-0.1, -0.05) is 128 Å². The highest BCUT2D eigenvalue weighted by atomic mass is 32.2. The van der Waals surface area contributed by atoms with Crippen LogP contribution < -0.4 is 4.18 Å². The average molecular weight is 725 g/mol. The summed E-state index contributed by atoms with van der Waals surface area (Å²) in [6, 6.07) is 44.0. The Labute approximate surface area is 304 Å². The lowest BCUT2D eigenvalue weighted by Crippen LogP contribution is -2.16. The lowest BCUT2D eigenvalue weighted by molar-refractivity contribution is 0.475. The molecule has 1 N–H and O–H groups in total. The molecule has 6 nitrogen and oxygen atoms in total. The third kappa shape index (κ3) is 6.38. The molecule has 7 aromatic rings. The van der Waals surface area contributed by atoms with E-state index in [1.54, 1.807) is 0 Å². The zero-order chi connectivity index (χ0) is 35.9. The molecule has 1 aliphatic rings. The maximum Gasteiger partial charge on any atom is 0.340 e. The second-order valence-corrected chi connectivity index (χ2v) is 16.1. The van der Waals surface area contributed by atoms with E-state index in [2.05, 4.69) is 24.3 Å². The monoisotopic (exact) mass is 724 g/mol. The fourth-order valence-corrected chi connectivity index (χ4v) is 9.80. The zero-order valence-corrected chi connectivity index (χ0v) is 30.0. The van der Waals surface area contributed by atoms with Crippen molar-refractivity contribution >= 4 is 41.8 Å². The van der Waals surface area contributed by atoms with E-state index < -0.39 is 20.2 Å². The van der Waals surface area contributed by atoms with Gasteiger partial charge in [-0.25, -0.2) is 0 Å². The molecule has 0 saturated carbocycles. The molecule has 0 unspecified atom stereocenters. The Bertz CT molecular complexity index is 2690. The van der Waals surface area contributed by atoms with Crippen LogP contribution in [-0.2, 0) is 33.1 Å². The number of hydrogen-bond acceptors (Lipinski definition) is 5. The van der Waals surface area contributed by atoms with Crippen LogP contribution in [0, 0.1) is 0 Å². The minimum absolute atomic E-state index is 0.0116. The van der Waals surface area contributed by atoms with Crippen molar-refractivity contribution in [1.82, 2.24) is 0 Å². The van der Waals surface area contributed by atoms with Crippen LogP contribution in [0.5, 0.6) is 5.75 Å². The molecule has 0 aliphatic heterocycles. The van der Waals surface area contributed by atoms with Gasteiger partial charge in [0, 0.05) is 16.7 Å². The molecule has 8 heteroatoms. The van der Waals surface area contributed by atoms with Gasteiger partial charge in [0.25, 0.3) is 10.1 Å². The third-order valence-electron chi connectivity index (χ3n) is 10.0. The quantitative estimate of drug-likeness (QED) is 0.130. The van der Waals surface area contributed by atoms with E-state index in [0.717, 1.165) is 57.5 Å². The summed E-state index contributed by atoms with van der Waals surface area (Å²) in [5, 5.41) is 3.96. The molecule has 0 spiro atoms. The van der Waals surface area contributed by atoms with Crippen molar-refractivity contribution in [1.29, 1.82) is 0 Å². The first-order valence-corrected chi connectivity index (χ1v) is 20.3. The van der Waals surface area contributed by atoms with Crippen molar-refractivity contribution in [3.63, 3.8) is 0 Å². The Kier molecular flexibility index (Phi) is 8.91. The summed E-state index contributed by atoms with van der Waals surface area (Å²) in [7, 11) is -9.14. The SMILES string of the molecule is O=S(=O)(O)c1ccc(OS(=O)(=O)c2c(-c3ccccc3)cc(-c3cccc4ccccc34)cc2-c2cccc3ccccc23)c2c1CCCCCC2. The molecule has 8 rings (SSSR count). The minimum Gasteiger partial charge on any atom is -0.379 e. The van der Waals surface area contributed by atoms with E-state index in [4.69, 9.17) is 4.18 Å². The van der Waals surface area contributed by atoms with Crippen LogP contribution in [0.1, 0.15) is 36.8 Å². The maximum atomic E-state index is 15.1. The van der Waals surface area contributed by atoms with E-state index in [0.29, 0.717) is 47.1 Å². The van der Waals surface area contributed by atoms with Crippen molar-refractivity contribution in [2.24, 2.45) is 0 Å². The van der Waals surface area contributed by atoms with Crippen LogP contribution >= 0.6 is 0 Å². The zero-order valence-electron chi connectivity index (χ0n) is 28.3. The topological polar surface area (TPSA) is 97.7 Å². The Balaban J connectivity index is 1.43. The van der Waals surface area contributed by atoms with E-state index in [1.165, 1.54) is 12.1 Å². The molecule has 0 bridgehead atoms. The van der Waals surface area contributed by atoms with Gasteiger partial charge in [0.1, 0.15) is 10.6 Å². The van der Waals surface area contributed by atoms with Gasteiger partial charge in [0.2, 0.25) is 0 Å². The van der Waals surface area contributed by atoms with E-state index in [1.807, 2.05) is 103 Å². The van der Waals surface area contributed by atoms with Crippen LogP contribution in [0.25, 0.3) is 54.9 Å². The molecule has 0 radical (unpaired) electrons. The molecule has 260 valence electrons. The van der Waals surface area contributed by atoms with Gasteiger partial charge in [0.05, 0.1) is 4.90 Å². The summed E-state index contributed by atoms with van der Waals surface area (Å²) in [4.78, 5) is -0.188. The third-order valence-corrected chi connectivity index (χ3v) is 12.3. The highest BCUT2D eigenvalue weighted by molar-refractivity contribution is 7.87. The number of fused-ring (bicyclic) bond motifs is 3. The molecule has 52 heavy (non-hydrogen) atoms. The van der Waals surface area contributed by atoms with Gasteiger partial charge in [-0.15, -0.1) is 0 Å². The molecule has 0 heterocycles. The largest absolute Gasteiger partial charge is 0.379 e. The first-order chi connectivity index (χ1) is 25.2. The number of hydrogen-bond donors (Lipinski definition) is 1. The molecule has 0 saturated heterocycles. The van der Waals surface area contributed by atoms with Crippen molar-refractivity contribution in [3.8, 4) is 39.1 Å². The highest BCUT2D eigenvalue weighted by Crippen LogP contribution is 2.45. The first kappa shape index (κ1) is 33.8. The summed E-state index contributed by atoms with van der Waals surface area (Å²) < 4.78 is 71.5. The predicted molar refractivity (Wildman–Crippen MR) is 208 cm³/mol. The summed E-state index contributed by atoms with van der Waals surface area (Å²) >= 11 is 0. The highest BCUT2D eigenvalue weighted by Gasteiger charge is 2.31. The fourth-order valence-electron chi connectivity index (χ4n) is 7.66. The van der Waals surface area contributed by atoms with E-state index in [9.17, 15) is 13.0 Å². The lowest BCUT2D eigenvalue weighted by atomic mass is 9.89. The summed E-state index contributed by atoms with van der Waals surface area (Å²) in [6.07, 6.45) is 4.08. The standard InChI is InChI=1S/C44H36O6S2/c45-51(46,47)43-27-26-42(38-22-6-1-2-7-23-39(38)43)50-52(48,49)44-40(32-14-4-3-5-15-32)28-33(36-24-12-18-30-16-8-10-20-34(30)36)29-41(44)37-25-13-19-31-17-9-11-21-35(31)37/h3-5,8-21,24-29H,1-2,6-7,22-23H2,(H,45,46,47). The molecular weight excluding hydrogens is 689 g/mol. The van der Waals surface area contributed by atoms with Crippen molar-refractivity contribution in [3.05, 3.63) is 151 Å². The van der Waals surface area contributed by atoms with Gasteiger partial charge < -0.3 is 4.18 Å². The summed E-state index contributed by atoms with van der Waals surface area (Å²) in [5.41, 5.74) is 5.12. The molecule has 1 aliphatic carbocycles. The molecule has 0 atom stereocenters. The van der Waals surface area contributed by atoms with Crippen LogP contribution in [0.4, 0.5) is 0 Å². The smallest absolute Gasteiger partial charge is 0.340 e.